The molecular weight excluding hydrogens is 372 g/mol. The van der Waals surface area contributed by atoms with Crippen LogP contribution in [0.5, 0.6) is 0 Å². The zero-order valence-electron chi connectivity index (χ0n) is 20.0. The van der Waals surface area contributed by atoms with Crippen LogP contribution in [0.4, 0.5) is 0 Å². The standard InChI is InChI=1S/C27H50O3/c1-3-5-6-7-8-9-10-11-12-13-14-15-16-17-18-24(28)25-21-22-27(30-25)26-20-19-23(4-2)29-26/h15-16,23-28H,3-14,17-22H2,1-2H3/b16-15+/t23-,24+,25+,26+,27+/m0/s1. The summed E-state index contributed by atoms with van der Waals surface area (Å²) in [7, 11) is 0. The molecule has 176 valence electrons. The first-order chi connectivity index (χ1) is 14.7. The average Bonchev–Trinajstić information content (AvgIpc) is 3.43. The molecule has 0 aromatic heterocycles. The van der Waals surface area contributed by atoms with Crippen molar-refractivity contribution in [3.63, 3.8) is 0 Å². The summed E-state index contributed by atoms with van der Waals surface area (Å²) in [4.78, 5) is 0. The molecule has 0 aliphatic carbocycles. The molecule has 2 heterocycles. The molecule has 2 aliphatic rings. The molecule has 0 bridgehead atoms. The van der Waals surface area contributed by atoms with Crippen LogP contribution in [0.1, 0.15) is 129 Å². The van der Waals surface area contributed by atoms with Gasteiger partial charge in [0.1, 0.15) is 0 Å². The van der Waals surface area contributed by atoms with Crippen molar-refractivity contribution in [1.29, 1.82) is 0 Å². The zero-order valence-corrected chi connectivity index (χ0v) is 20.0. The van der Waals surface area contributed by atoms with Gasteiger partial charge in [-0.1, -0.05) is 83.8 Å². The van der Waals surface area contributed by atoms with Crippen LogP contribution in [0.3, 0.4) is 0 Å². The molecule has 2 rings (SSSR count). The fourth-order valence-corrected chi connectivity index (χ4v) is 4.99. The van der Waals surface area contributed by atoms with Crippen molar-refractivity contribution in [1.82, 2.24) is 0 Å². The topological polar surface area (TPSA) is 38.7 Å². The average molecular weight is 423 g/mol. The van der Waals surface area contributed by atoms with Crippen molar-refractivity contribution in [3.8, 4) is 0 Å². The zero-order chi connectivity index (χ0) is 21.4. The third kappa shape index (κ3) is 10.3. The van der Waals surface area contributed by atoms with Gasteiger partial charge in [-0.15, -0.1) is 0 Å². The Balaban J connectivity index is 1.41. The van der Waals surface area contributed by atoms with Gasteiger partial charge >= 0.3 is 0 Å². The van der Waals surface area contributed by atoms with E-state index < -0.39 is 0 Å². The molecule has 0 saturated carbocycles. The van der Waals surface area contributed by atoms with Gasteiger partial charge in [0.15, 0.2) is 0 Å². The Morgan fingerprint density at radius 2 is 1.33 bits per heavy atom. The Hall–Kier alpha value is -0.380. The molecule has 0 amide bonds. The molecule has 1 N–H and O–H groups in total. The molecule has 3 nitrogen and oxygen atoms in total. The van der Waals surface area contributed by atoms with Crippen LogP contribution in [0, 0.1) is 0 Å². The van der Waals surface area contributed by atoms with Gasteiger partial charge in [0, 0.05) is 0 Å². The second-order valence-electron chi connectivity index (χ2n) is 9.66. The van der Waals surface area contributed by atoms with Gasteiger partial charge in [0.25, 0.3) is 0 Å². The van der Waals surface area contributed by atoms with Gasteiger partial charge in [0.05, 0.1) is 30.5 Å². The third-order valence-electron chi connectivity index (χ3n) is 7.04. The third-order valence-corrected chi connectivity index (χ3v) is 7.04. The molecule has 0 aromatic rings. The van der Waals surface area contributed by atoms with Crippen LogP contribution in [0.25, 0.3) is 0 Å². The van der Waals surface area contributed by atoms with E-state index in [1.807, 2.05) is 0 Å². The Morgan fingerprint density at radius 3 is 2.00 bits per heavy atom. The van der Waals surface area contributed by atoms with E-state index in [0.717, 1.165) is 44.9 Å². The number of aliphatic hydroxyl groups is 1. The van der Waals surface area contributed by atoms with E-state index in [2.05, 4.69) is 26.0 Å². The number of allylic oxidation sites excluding steroid dienone is 2. The van der Waals surface area contributed by atoms with E-state index in [1.54, 1.807) is 0 Å². The highest BCUT2D eigenvalue weighted by Crippen LogP contribution is 2.33. The molecule has 2 fully saturated rings. The van der Waals surface area contributed by atoms with Crippen LogP contribution >= 0.6 is 0 Å². The quantitative estimate of drug-likeness (QED) is 0.195. The molecule has 0 unspecified atom stereocenters. The van der Waals surface area contributed by atoms with Gasteiger partial charge < -0.3 is 14.6 Å². The Kier molecular flexibility index (Phi) is 14.0. The lowest BCUT2D eigenvalue weighted by Crippen LogP contribution is -2.31. The molecule has 0 radical (unpaired) electrons. The molecule has 5 atom stereocenters. The number of ether oxygens (including phenoxy) is 2. The van der Waals surface area contributed by atoms with E-state index in [4.69, 9.17) is 9.47 Å². The van der Waals surface area contributed by atoms with Crippen molar-refractivity contribution in [2.45, 2.75) is 160 Å². The first-order valence-corrected chi connectivity index (χ1v) is 13.4. The maximum atomic E-state index is 10.5. The summed E-state index contributed by atoms with van der Waals surface area (Å²) >= 11 is 0. The van der Waals surface area contributed by atoms with Crippen LogP contribution < -0.4 is 0 Å². The predicted molar refractivity (Wildman–Crippen MR) is 127 cm³/mol. The number of hydrogen-bond donors (Lipinski definition) is 1. The van der Waals surface area contributed by atoms with Crippen LogP contribution in [0.2, 0.25) is 0 Å². The van der Waals surface area contributed by atoms with Gasteiger partial charge in [-0.05, 0) is 57.8 Å². The van der Waals surface area contributed by atoms with E-state index >= 15 is 0 Å². The first-order valence-electron chi connectivity index (χ1n) is 13.4. The minimum absolute atomic E-state index is 0.00893. The van der Waals surface area contributed by atoms with E-state index in [9.17, 15) is 5.11 Å². The summed E-state index contributed by atoms with van der Waals surface area (Å²) in [5, 5.41) is 10.5. The second-order valence-corrected chi connectivity index (χ2v) is 9.66. The summed E-state index contributed by atoms with van der Waals surface area (Å²) in [5.74, 6) is 0. The molecule has 0 spiro atoms. The minimum atomic E-state index is -0.333. The van der Waals surface area contributed by atoms with Crippen molar-refractivity contribution in [2.75, 3.05) is 0 Å². The van der Waals surface area contributed by atoms with Crippen molar-refractivity contribution in [2.24, 2.45) is 0 Å². The summed E-state index contributed by atoms with van der Waals surface area (Å²) in [5.41, 5.74) is 0. The smallest absolute Gasteiger partial charge is 0.0842 e. The normalized spacial score (nSPS) is 28.0. The lowest BCUT2D eigenvalue weighted by atomic mass is 10.0. The van der Waals surface area contributed by atoms with Crippen molar-refractivity contribution >= 4 is 0 Å². The van der Waals surface area contributed by atoms with Gasteiger partial charge in [-0.2, -0.15) is 0 Å². The molecule has 2 aliphatic heterocycles. The van der Waals surface area contributed by atoms with Gasteiger partial charge in [-0.25, -0.2) is 0 Å². The fourth-order valence-electron chi connectivity index (χ4n) is 4.99. The number of hydrogen-bond acceptors (Lipinski definition) is 3. The number of unbranched alkanes of at least 4 members (excludes halogenated alkanes) is 10. The summed E-state index contributed by atoms with van der Waals surface area (Å²) < 4.78 is 12.3. The molecule has 0 aromatic carbocycles. The first kappa shape index (κ1) is 25.9. The van der Waals surface area contributed by atoms with Crippen LogP contribution in [-0.2, 0) is 9.47 Å². The lowest BCUT2D eigenvalue weighted by Gasteiger charge is -2.22. The maximum Gasteiger partial charge on any atom is 0.0842 e. The second kappa shape index (κ2) is 16.3. The Labute approximate surface area is 187 Å². The SMILES string of the molecule is CCCCCCCCCCCC/C=C/CC[C@@H](O)[C@H]1CC[C@H]([C@H]2CC[C@H](CC)O2)O1. The predicted octanol–water partition coefficient (Wildman–Crippen LogP) is 7.50. The number of aliphatic hydroxyl groups excluding tert-OH is 1. The van der Waals surface area contributed by atoms with Crippen molar-refractivity contribution < 1.29 is 14.6 Å². The van der Waals surface area contributed by atoms with E-state index in [-0.39, 0.29) is 24.4 Å². The largest absolute Gasteiger partial charge is 0.390 e. The molecule has 30 heavy (non-hydrogen) atoms. The molecule has 2 saturated heterocycles. The lowest BCUT2D eigenvalue weighted by molar-refractivity contribution is -0.0929. The highest BCUT2D eigenvalue weighted by atomic mass is 16.6. The van der Waals surface area contributed by atoms with Gasteiger partial charge in [0.2, 0.25) is 0 Å². The Bertz CT molecular complexity index is 436. The Morgan fingerprint density at radius 1 is 0.733 bits per heavy atom. The summed E-state index contributed by atoms with van der Waals surface area (Å²) in [6.07, 6.45) is 27.4. The van der Waals surface area contributed by atoms with Crippen LogP contribution in [0.15, 0.2) is 12.2 Å². The van der Waals surface area contributed by atoms with Gasteiger partial charge in [-0.3, -0.25) is 0 Å². The van der Waals surface area contributed by atoms with E-state index in [0.29, 0.717) is 6.10 Å². The van der Waals surface area contributed by atoms with E-state index in [1.165, 1.54) is 70.6 Å². The maximum absolute atomic E-state index is 10.5. The summed E-state index contributed by atoms with van der Waals surface area (Å²) in [6, 6.07) is 0. The fraction of sp³-hybridized carbons (Fsp3) is 0.926. The number of rotatable bonds is 17. The molecular formula is C27H50O3. The van der Waals surface area contributed by atoms with Crippen molar-refractivity contribution in [3.05, 3.63) is 12.2 Å². The highest BCUT2D eigenvalue weighted by Gasteiger charge is 2.38. The minimum Gasteiger partial charge on any atom is -0.390 e. The monoisotopic (exact) mass is 422 g/mol. The van der Waals surface area contributed by atoms with Crippen LogP contribution in [-0.4, -0.2) is 35.6 Å². The highest BCUT2D eigenvalue weighted by molar-refractivity contribution is 4.89. The molecule has 3 heteroatoms. The summed E-state index contributed by atoms with van der Waals surface area (Å²) in [6.45, 7) is 4.47.